The van der Waals surface area contributed by atoms with Crippen LogP contribution < -0.4 is 5.73 Å². The number of carbonyl (C=O) groups excluding carboxylic acids is 1. The fraction of sp³-hybridized carbons (Fsp3) is 0.500. The Labute approximate surface area is 113 Å². The number of rotatable bonds is 3. The maximum atomic E-state index is 11.8. The molecule has 1 fully saturated rings. The molecule has 5 nitrogen and oxygen atoms in total. The zero-order valence-electron chi connectivity index (χ0n) is 11.4. The summed E-state index contributed by atoms with van der Waals surface area (Å²) in [6.07, 6.45) is 0.219. The summed E-state index contributed by atoms with van der Waals surface area (Å²) in [5, 5.41) is 0. The van der Waals surface area contributed by atoms with Gasteiger partial charge in [-0.2, -0.15) is 0 Å². The zero-order valence-corrected chi connectivity index (χ0v) is 11.4. The van der Waals surface area contributed by atoms with Crippen molar-refractivity contribution in [2.45, 2.75) is 19.6 Å². The van der Waals surface area contributed by atoms with Crippen LogP contribution in [0.4, 0.5) is 5.69 Å². The predicted octanol–water partition coefficient (Wildman–Crippen LogP) is 1.28. The van der Waals surface area contributed by atoms with Crippen LogP contribution in [0.3, 0.4) is 0 Å². The lowest BCUT2D eigenvalue weighted by molar-refractivity contribution is -0.0212. The summed E-state index contributed by atoms with van der Waals surface area (Å²) >= 11 is 0. The second-order valence-corrected chi connectivity index (χ2v) is 4.79. The van der Waals surface area contributed by atoms with Gasteiger partial charge < -0.3 is 15.2 Å². The van der Waals surface area contributed by atoms with Crippen LogP contribution in [0, 0.1) is 0 Å². The molecule has 0 bridgehead atoms. The van der Waals surface area contributed by atoms with E-state index in [9.17, 15) is 4.79 Å². The third-order valence-corrected chi connectivity index (χ3v) is 3.29. The standard InChI is InChI=1S/C14H20N2O3/c1-10-8-16(6-7-19-10)9-11-4-3-5-12(15)13(11)14(17)18-2/h3-5,10H,6-9,15H2,1-2H3. The molecule has 1 unspecified atom stereocenters. The molecule has 1 heterocycles. The number of nitrogens with zero attached hydrogens (tertiary/aromatic N) is 1. The normalized spacial score (nSPS) is 20.2. The summed E-state index contributed by atoms with van der Waals surface area (Å²) in [6.45, 7) is 5.17. The first-order valence-corrected chi connectivity index (χ1v) is 6.41. The Morgan fingerprint density at radius 3 is 3.05 bits per heavy atom. The first-order valence-electron chi connectivity index (χ1n) is 6.41. The van der Waals surface area contributed by atoms with E-state index in [1.165, 1.54) is 7.11 Å². The minimum atomic E-state index is -0.380. The highest BCUT2D eigenvalue weighted by Crippen LogP contribution is 2.20. The Bertz CT molecular complexity index is 462. The second-order valence-electron chi connectivity index (χ2n) is 4.79. The van der Waals surface area contributed by atoms with Crippen molar-refractivity contribution < 1.29 is 14.3 Å². The molecule has 0 radical (unpaired) electrons. The zero-order chi connectivity index (χ0) is 13.8. The van der Waals surface area contributed by atoms with Crippen molar-refractivity contribution in [3.8, 4) is 0 Å². The van der Waals surface area contributed by atoms with Crippen LogP contribution in [0.1, 0.15) is 22.8 Å². The van der Waals surface area contributed by atoms with Gasteiger partial charge in [-0.1, -0.05) is 12.1 Å². The van der Waals surface area contributed by atoms with Crippen LogP contribution in [0.5, 0.6) is 0 Å². The van der Waals surface area contributed by atoms with Crippen LogP contribution in [-0.4, -0.2) is 43.8 Å². The molecular weight excluding hydrogens is 244 g/mol. The van der Waals surface area contributed by atoms with Crippen molar-refractivity contribution in [3.05, 3.63) is 29.3 Å². The van der Waals surface area contributed by atoms with Gasteiger partial charge in [0.05, 0.1) is 25.4 Å². The Hall–Kier alpha value is -1.59. The molecule has 5 heteroatoms. The monoisotopic (exact) mass is 264 g/mol. The molecule has 0 amide bonds. The molecule has 2 rings (SSSR count). The Morgan fingerprint density at radius 2 is 2.37 bits per heavy atom. The van der Waals surface area contributed by atoms with E-state index in [0.717, 1.165) is 25.3 Å². The Balaban J connectivity index is 2.19. The van der Waals surface area contributed by atoms with Gasteiger partial charge in [0.2, 0.25) is 0 Å². The van der Waals surface area contributed by atoms with Gasteiger partial charge in [-0.25, -0.2) is 4.79 Å². The van der Waals surface area contributed by atoms with E-state index in [0.29, 0.717) is 17.8 Å². The number of esters is 1. The number of ether oxygens (including phenoxy) is 2. The highest BCUT2D eigenvalue weighted by atomic mass is 16.5. The molecule has 1 aliphatic heterocycles. The fourth-order valence-electron chi connectivity index (χ4n) is 2.38. The molecule has 104 valence electrons. The molecule has 1 aromatic rings. The topological polar surface area (TPSA) is 64.8 Å². The molecule has 19 heavy (non-hydrogen) atoms. The van der Waals surface area contributed by atoms with Crippen molar-refractivity contribution in [3.63, 3.8) is 0 Å². The van der Waals surface area contributed by atoms with E-state index in [1.54, 1.807) is 6.07 Å². The lowest BCUT2D eigenvalue weighted by Crippen LogP contribution is -2.40. The molecule has 0 aliphatic carbocycles. The molecule has 0 aromatic heterocycles. The van der Waals surface area contributed by atoms with Crippen molar-refractivity contribution >= 4 is 11.7 Å². The molecule has 0 saturated carbocycles. The largest absolute Gasteiger partial charge is 0.465 e. The average molecular weight is 264 g/mol. The SMILES string of the molecule is COC(=O)c1c(N)cccc1CN1CCOC(C)C1. The summed E-state index contributed by atoms with van der Waals surface area (Å²) in [4.78, 5) is 14.1. The van der Waals surface area contributed by atoms with E-state index in [-0.39, 0.29) is 12.1 Å². The maximum Gasteiger partial charge on any atom is 0.340 e. The fourth-order valence-corrected chi connectivity index (χ4v) is 2.38. The van der Waals surface area contributed by atoms with Gasteiger partial charge in [-0.05, 0) is 18.6 Å². The molecule has 0 spiro atoms. The second kappa shape index (κ2) is 6.04. The molecule has 1 atom stereocenters. The number of nitrogen functional groups attached to an aromatic ring is 1. The summed E-state index contributed by atoms with van der Waals surface area (Å²) in [5.41, 5.74) is 7.73. The predicted molar refractivity (Wildman–Crippen MR) is 72.9 cm³/mol. The number of nitrogens with two attached hydrogens (primary N) is 1. The third kappa shape index (κ3) is 3.24. The molecule has 1 saturated heterocycles. The average Bonchev–Trinajstić information content (AvgIpc) is 2.38. The molecular formula is C14H20N2O3. The Morgan fingerprint density at radius 1 is 1.58 bits per heavy atom. The first-order chi connectivity index (χ1) is 9.11. The summed E-state index contributed by atoms with van der Waals surface area (Å²) in [7, 11) is 1.37. The smallest absolute Gasteiger partial charge is 0.340 e. The number of hydrogen-bond acceptors (Lipinski definition) is 5. The van der Waals surface area contributed by atoms with Crippen molar-refractivity contribution in [1.29, 1.82) is 0 Å². The summed E-state index contributed by atoms with van der Waals surface area (Å²) in [6, 6.07) is 5.50. The number of benzene rings is 1. The van der Waals surface area contributed by atoms with Crippen LogP contribution in [0.2, 0.25) is 0 Å². The maximum absolute atomic E-state index is 11.8. The van der Waals surface area contributed by atoms with Gasteiger partial charge >= 0.3 is 5.97 Å². The van der Waals surface area contributed by atoms with Gasteiger partial charge in [-0.15, -0.1) is 0 Å². The van der Waals surface area contributed by atoms with Crippen molar-refractivity contribution in [1.82, 2.24) is 4.90 Å². The molecule has 2 N–H and O–H groups in total. The number of anilines is 1. The lowest BCUT2D eigenvalue weighted by Gasteiger charge is -2.31. The number of carbonyl (C=O) groups is 1. The van der Waals surface area contributed by atoms with Crippen LogP contribution in [0.15, 0.2) is 18.2 Å². The van der Waals surface area contributed by atoms with Gasteiger partial charge in [0.1, 0.15) is 0 Å². The minimum Gasteiger partial charge on any atom is -0.465 e. The van der Waals surface area contributed by atoms with Crippen LogP contribution in [-0.2, 0) is 16.0 Å². The van der Waals surface area contributed by atoms with E-state index in [1.807, 2.05) is 19.1 Å². The number of methoxy groups -OCH3 is 1. The third-order valence-electron chi connectivity index (χ3n) is 3.29. The van der Waals surface area contributed by atoms with E-state index >= 15 is 0 Å². The van der Waals surface area contributed by atoms with Crippen molar-refractivity contribution in [2.75, 3.05) is 32.5 Å². The number of morpholine rings is 1. The summed E-state index contributed by atoms with van der Waals surface area (Å²) < 4.78 is 10.3. The minimum absolute atomic E-state index is 0.219. The van der Waals surface area contributed by atoms with Crippen LogP contribution >= 0.6 is 0 Å². The van der Waals surface area contributed by atoms with E-state index in [4.69, 9.17) is 15.2 Å². The first kappa shape index (κ1) is 13.8. The van der Waals surface area contributed by atoms with Crippen LogP contribution in [0.25, 0.3) is 0 Å². The van der Waals surface area contributed by atoms with E-state index in [2.05, 4.69) is 4.90 Å². The van der Waals surface area contributed by atoms with Gasteiger partial charge in [0.25, 0.3) is 0 Å². The van der Waals surface area contributed by atoms with Crippen molar-refractivity contribution in [2.24, 2.45) is 0 Å². The Kier molecular flexibility index (Phi) is 4.39. The van der Waals surface area contributed by atoms with E-state index < -0.39 is 0 Å². The number of hydrogen-bond donors (Lipinski definition) is 1. The quantitative estimate of drug-likeness (QED) is 0.658. The summed E-state index contributed by atoms with van der Waals surface area (Å²) in [5.74, 6) is -0.380. The molecule has 1 aliphatic rings. The lowest BCUT2D eigenvalue weighted by atomic mass is 10.0. The molecule has 1 aromatic carbocycles. The van der Waals surface area contributed by atoms with Gasteiger partial charge in [-0.3, -0.25) is 4.90 Å². The highest BCUT2D eigenvalue weighted by molar-refractivity contribution is 5.96. The van der Waals surface area contributed by atoms with Gasteiger partial charge in [0.15, 0.2) is 0 Å². The highest BCUT2D eigenvalue weighted by Gasteiger charge is 2.21. The van der Waals surface area contributed by atoms with Gasteiger partial charge in [0, 0.05) is 25.3 Å².